The molecule has 6 heteroatoms. The minimum Gasteiger partial charge on any atom is -0.493 e. The molecule has 18 heavy (non-hydrogen) atoms. The second-order valence-corrected chi connectivity index (χ2v) is 3.89. The Hall–Kier alpha value is -1.43. The summed E-state index contributed by atoms with van der Waals surface area (Å²) in [7, 11) is 2.42. The van der Waals surface area contributed by atoms with Gasteiger partial charge in [0.2, 0.25) is 0 Å². The molecule has 0 bridgehead atoms. The van der Waals surface area contributed by atoms with Gasteiger partial charge in [-0.2, -0.15) is 13.2 Å². The first kappa shape index (κ1) is 14.6. The zero-order chi connectivity index (χ0) is 13.9. The van der Waals surface area contributed by atoms with Crippen molar-refractivity contribution < 1.29 is 27.8 Å². The number of hydrogen-bond donors (Lipinski definition) is 1. The molecule has 1 unspecified atom stereocenters. The van der Waals surface area contributed by atoms with E-state index in [2.05, 4.69) is 0 Å². The minimum atomic E-state index is -4.51. The van der Waals surface area contributed by atoms with Crippen molar-refractivity contribution >= 4 is 0 Å². The van der Waals surface area contributed by atoms with Crippen LogP contribution >= 0.6 is 0 Å². The van der Waals surface area contributed by atoms with Crippen LogP contribution in [0.15, 0.2) is 12.1 Å². The van der Waals surface area contributed by atoms with Gasteiger partial charge >= 0.3 is 6.18 Å². The van der Waals surface area contributed by atoms with E-state index < -0.39 is 17.8 Å². The lowest BCUT2D eigenvalue weighted by atomic mass is 10.0. The van der Waals surface area contributed by atoms with Crippen LogP contribution in [0.5, 0.6) is 11.5 Å². The van der Waals surface area contributed by atoms with E-state index in [1.807, 2.05) is 0 Å². The van der Waals surface area contributed by atoms with Crippen molar-refractivity contribution in [2.75, 3.05) is 14.2 Å². The van der Waals surface area contributed by atoms with Crippen LogP contribution in [0.25, 0.3) is 0 Å². The van der Waals surface area contributed by atoms with Crippen LogP contribution in [0.1, 0.15) is 18.1 Å². The van der Waals surface area contributed by atoms with Crippen LogP contribution in [0, 0.1) is 0 Å². The first-order chi connectivity index (χ1) is 8.31. The molecule has 0 aromatic heterocycles. The van der Waals surface area contributed by atoms with Gasteiger partial charge in [-0.3, -0.25) is 0 Å². The summed E-state index contributed by atoms with van der Waals surface area (Å²) in [5, 5.41) is 9.30. The van der Waals surface area contributed by atoms with Gasteiger partial charge in [0.25, 0.3) is 0 Å². The number of benzene rings is 1. The Morgan fingerprint density at radius 1 is 1.17 bits per heavy atom. The van der Waals surface area contributed by atoms with E-state index in [1.165, 1.54) is 13.2 Å². The molecule has 0 aliphatic carbocycles. The molecule has 102 valence electrons. The molecular weight excluding hydrogens is 249 g/mol. The lowest BCUT2D eigenvalue weighted by molar-refractivity contribution is -0.138. The van der Waals surface area contributed by atoms with Crippen LogP contribution < -0.4 is 9.47 Å². The fraction of sp³-hybridized carbons (Fsp3) is 0.500. The molecule has 1 atom stereocenters. The Morgan fingerprint density at radius 2 is 1.72 bits per heavy atom. The molecule has 0 heterocycles. The highest BCUT2D eigenvalue weighted by molar-refractivity contribution is 5.53. The summed E-state index contributed by atoms with van der Waals surface area (Å²) in [5.41, 5.74) is -0.423. The predicted octanol–water partition coefficient (Wildman–Crippen LogP) is 2.65. The quantitative estimate of drug-likeness (QED) is 0.908. The second kappa shape index (κ2) is 5.48. The highest BCUT2D eigenvalue weighted by Gasteiger charge is 2.36. The van der Waals surface area contributed by atoms with E-state index in [0.717, 1.165) is 13.2 Å². The number of alkyl halides is 3. The largest absolute Gasteiger partial charge is 0.493 e. The monoisotopic (exact) mass is 264 g/mol. The van der Waals surface area contributed by atoms with Gasteiger partial charge in [0, 0.05) is 12.0 Å². The van der Waals surface area contributed by atoms with Crippen LogP contribution in [0.2, 0.25) is 0 Å². The summed E-state index contributed by atoms with van der Waals surface area (Å²) in [6.45, 7) is 1.55. The van der Waals surface area contributed by atoms with Crippen molar-refractivity contribution in [1.29, 1.82) is 0 Å². The van der Waals surface area contributed by atoms with Crippen molar-refractivity contribution in [3.63, 3.8) is 0 Å². The molecule has 0 spiro atoms. The van der Waals surface area contributed by atoms with E-state index in [9.17, 15) is 18.3 Å². The smallest absolute Gasteiger partial charge is 0.420 e. The third kappa shape index (κ3) is 3.07. The average molecular weight is 264 g/mol. The molecule has 0 radical (unpaired) electrons. The molecular formula is C12H15F3O3. The molecule has 0 aliphatic heterocycles. The average Bonchev–Trinajstić information content (AvgIpc) is 2.25. The normalized spacial score (nSPS) is 13.3. The summed E-state index contributed by atoms with van der Waals surface area (Å²) in [5.74, 6) is -0.351. The highest BCUT2D eigenvalue weighted by Crippen LogP contribution is 2.43. The Bertz CT molecular complexity index is 414. The van der Waals surface area contributed by atoms with E-state index in [-0.39, 0.29) is 17.9 Å². The molecule has 1 rings (SSSR count). The number of halogens is 3. The van der Waals surface area contributed by atoms with E-state index in [4.69, 9.17) is 9.47 Å². The molecule has 0 aliphatic rings. The Balaban J connectivity index is 3.36. The maximum Gasteiger partial charge on any atom is 0.420 e. The van der Waals surface area contributed by atoms with Gasteiger partial charge in [0.15, 0.2) is 11.5 Å². The topological polar surface area (TPSA) is 38.7 Å². The van der Waals surface area contributed by atoms with E-state index in [0.29, 0.717) is 5.56 Å². The molecule has 1 N–H and O–H groups in total. The molecule has 0 fully saturated rings. The lowest BCUT2D eigenvalue weighted by Gasteiger charge is -2.18. The highest BCUT2D eigenvalue weighted by atomic mass is 19.4. The molecule has 1 aromatic carbocycles. The number of aliphatic hydroxyl groups excluding tert-OH is 1. The van der Waals surface area contributed by atoms with E-state index in [1.54, 1.807) is 6.92 Å². The first-order valence-corrected chi connectivity index (χ1v) is 5.30. The van der Waals surface area contributed by atoms with Crippen molar-refractivity contribution in [3.05, 3.63) is 23.3 Å². The fourth-order valence-electron chi connectivity index (χ4n) is 1.73. The Labute approximate surface area is 103 Å². The third-order valence-electron chi connectivity index (χ3n) is 2.42. The number of methoxy groups -OCH3 is 2. The Morgan fingerprint density at radius 3 is 2.11 bits per heavy atom. The zero-order valence-corrected chi connectivity index (χ0v) is 10.3. The van der Waals surface area contributed by atoms with E-state index >= 15 is 0 Å². The van der Waals surface area contributed by atoms with Gasteiger partial charge in [-0.15, -0.1) is 0 Å². The number of ether oxygens (including phenoxy) is 2. The summed E-state index contributed by atoms with van der Waals surface area (Å²) >= 11 is 0. The van der Waals surface area contributed by atoms with Gasteiger partial charge in [-0.05, 0) is 13.0 Å². The SMILES string of the molecule is COc1c(CC(C)O)ccc(C(F)(F)F)c1OC. The van der Waals surface area contributed by atoms with Crippen molar-refractivity contribution in [3.8, 4) is 11.5 Å². The zero-order valence-electron chi connectivity index (χ0n) is 10.3. The number of rotatable bonds is 4. The van der Waals surface area contributed by atoms with Crippen molar-refractivity contribution in [2.24, 2.45) is 0 Å². The molecule has 3 nitrogen and oxygen atoms in total. The van der Waals surface area contributed by atoms with Crippen LogP contribution in [0.3, 0.4) is 0 Å². The summed E-state index contributed by atoms with van der Waals surface area (Å²) < 4.78 is 48.0. The molecule has 0 saturated carbocycles. The Kier molecular flexibility index (Phi) is 4.45. The van der Waals surface area contributed by atoms with Crippen LogP contribution in [-0.2, 0) is 12.6 Å². The molecule has 0 amide bonds. The summed E-state index contributed by atoms with van der Waals surface area (Å²) in [6, 6.07) is 2.22. The maximum atomic E-state index is 12.8. The van der Waals surface area contributed by atoms with Gasteiger partial charge in [-0.25, -0.2) is 0 Å². The van der Waals surface area contributed by atoms with Gasteiger partial charge < -0.3 is 14.6 Å². The fourth-order valence-corrected chi connectivity index (χ4v) is 1.73. The summed E-state index contributed by atoms with van der Waals surface area (Å²) in [4.78, 5) is 0. The van der Waals surface area contributed by atoms with Gasteiger partial charge in [-0.1, -0.05) is 6.07 Å². The first-order valence-electron chi connectivity index (χ1n) is 5.30. The molecule has 0 saturated heterocycles. The predicted molar refractivity (Wildman–Crippen MR) is 59.9 cm³/mol. The van der Waals surface area contributed by atoms with Crippen LogP contribution in [0.4, 0.5) is 13.2 Å². The summed E-state index contributed by atoms with van der Waals surface area (Å²) in [6.07, 6.45) is -5.00. The number of aliphatic hydroxyl groups is 1. The van der Waals surface area contributed by atoms with Crippen molar-refractivity contribution in [1.82, 2.24) is 0 Å². The number of hydrogen-bond acceptors (Lipinski definition) is 3. The standard InChI is InChI=1S/C12H15F3O3/c1-7(16)6-8-4-5-9(12(13,14)15)11(18-3)10(8)17-2/h4-5,7,16H,6H2,1-3H3. The van der Waals surface area contributed by atoms with Crippen molar-refractivity contribution in [2.45, 2.75) is 25.6 Å². The van der Waals surface area contributed by atoms with Gasteiger partial charge in [0.05, 0.1) is 20.3 Å². The third-order valence-corrected chi connectivity index (χ3v) is 2.42. The second-order valence-electron chi connectivity index (χ2n) is 3.89. The van der Waals surface area contributed by atoms with Gasteiger partial charge in [0.1, 0.15) is 5.56 Å². The van der Waals surface area contributed by atoms with Crippen LogP contribution in [-0.4, -0.2) is 25.4 Å². The maximum absolute atomic E-state index is 12.8. The lowest BCUT2D eigenvalue weighted by Crippen LogP contribution is -2.11. The molecule has 1 aromatic rings. The minimum absolute atomic E-state index is 0.00762.